The fourth-order valence-electron chi connectivity index (χ4n) is 3.39. The molecule has 3 unspecified atom stereocenters. The Morgan fingerprint density at radius 1 is 1.28 bits per heavy atom. The smallest absolute Gasteiger partial charge is 0.330 e. The van der Waals surface area contributed by atoms with Gasteiger partial charge in [-0.15, -0.1) is 0 Å². The fraction of sp³-hybridized carbons (Fsp3) is 0.522. The number of rotatable bonds is 6. The van der Waals surface area contributed by atoms with Crippen molar-refractivity contribution in [3.8, 4) is 0 Å². The van der Waals surface area contributed by atoms with E-state index in [-0.39, 0.29) is 11.6 Å². The summed E-state index contributed by atoms with van der Waals surface area (Å²) in [4.78, 5) is 26.5. The number of H-pyrrole nitrogens is 1. The average Bonchev–Trinajstić information content (AvgIpc) is 3.13. The van der Waals surface area contributed by atoms with Crippen LogP contribution in [0, 0.1) is 12.1 Å². The molecule has 8 nitrogen and oxygen atoms in total. The molecule has 1 aliphatic rings. The molecule has 2 aromatic rings. The maximum atomic E-state index is 13.1. The second-order valence-corrected chi connectivity index (χ2v) is 14.7. The van der Waals surface area contributed by atoms with E-state index in [4.69, 9.17) is 9.16 Å². The zero-order valence-corrected chi connectivity index (χ0v) is 20.6. The van der Waals surface area contributed by atoms with Gasteiger partial charge in [0.2, 0.25) is 0 Å². The first-order valence-corrected chi connectivity index (χ1v) is 13.8. The number of benzene rings is 1. The maximum absolute atomic E-state index is 13.1. The third-order valence-corrected chi connectivity index (χ3v) is 11.0. The maximum Gasteiger partial charge on any atom is 0.330 e. The van der Waals surface area contributed by atoms with E-state index in [1.54, 1.807) is 6.92 Å². The van der Waals surface area contributed by atoms with Crippen molar-refractivity contribution < 1.29 is 13.9 Å². The summed E-state index contributed by atoms with van der Waals surface area (Å²) in [5.74, 6) is 0. The molecule has 1 saturated heterocycles. The van der Waals surface area contributed by atoms with E-state index in [1.807, 2.05) is 30.3 Å². The molecule has 0 amide bonds. The number of nitrogens with zero attached hydrogens (tertiary/aromatic N) is 2. The number of aryl methyl sites for hydroxylation is 1. The van der Waals surface area contributed by atoms with Gasteiger partial charge < -0.3 is 14.4 Å². The minimum Gasteiger partial charge on any atom is -0.624 e. The highest BCUT2D eigenvalue weighted by Gasteiger charge is 2.45. The lowest BCUT2D eigenvalue weighted by Crippen LogP contribution is -2.45. The summed E-state index contributed by atoms with van der Waals surface area (Å²) in [5.41, 5.74) is 0.203. The first-order valence-electron chi connectivity index (χ1n) is 10.9. The summed E-state index contributed by atoms with van der Waals surface area (Å²) in [6, 6.07) is 8.80. The molecule has 3 rings (SSSR count). The molecule has 0 bridgehead atoms. The van der Waals surface area contributed by atoms with Crippen LogP contribution in [-0.4, -0.2) is 47.6 Å². The number of hydroxylamine groups is 1. The minimum absolute atomic E-state index is 0.0147. The number of ether oxygens (including phenoxy) is 1. The van der Waals surface area contributed by atoms with Gasteiger partial charge in [0.1, 0.15) is 12.3 Å². The lowest BCUT2D eigenvalue weighted by molar-refractivity contribution is -0.502. The molecular weight excluding hydrogens is 426 g/mol. The molecule has 1 aromatic heterocycles. The fourth-order valence-corrected chi connectivity index (χ4v) is 4.41. The van der Waals surface area contributed by atoms with Crippen LogP contribution in [0.15, 0.2) is 46.1 Å². The van der Waals surface area contributed by atoms with Crippen molar-refractivity contribution in [1.29, 1.82) is 0 Å². The highest BCUT2D eigenvalue weighted by atomic mass is 28.4. The van der Waals surface area contributed by atoms with Crippen molar-refractivity contribution in [2.75, 3.05) is 6.61 Å². The predicted molar refractivity (Wildman–Crippen MR) is 127 cm³/mol. The van der Waals surface area contributed by atoms with Crippen LogP contribution in [-0.2, 0) is 9.16 Å². The summed E-state index contributed by atoms with van der Waals surface area (Å²) in [6.45, 7) is 12.6. The molecule has 1 aliphatic heterocycles. The van der Waals surface area contributed by atoms with Gasteiger partial charge in [0.15, 0.2) is 20.6 Å². The van der Waals surface area contributed by atoms with Gasteiger partial charge in [0, 0.05) is 17.3 Å². The van der Waals surface area contributed by atoms with Crippen LogP contribution in [0.2, 0.25) is 18.1 Å². The second kappa shape index (κ2) is 9.17. The van der Waals surface area contributed by atoms with Gasteiger partial charge in [-0.2, -0.15) is 0 Å². The molecule has 32 heavy (non-hydrogen) atoms. The molecular formula is C23H33N3O5Si. The van der Waals surface area contributed by atoms with Crippen molar-refractivity contribution in [3.63, 3.8) is 0 Å². The number of nitrogens with one attached hydrogen (secondary N) is 1. The van der Waals surface area contributed by atoms with Gasteiger partial charge in [0.25, 0.3) is 5.56 Å². The van der Waals surface area contributed by atoms with Crippen LogP contribution in [0.5, 0.6) is 0 Å². The average molecular weight is 460 g/mol. The Morgan fingerprint density at radius 3 is 2.56 bits per heavy atom. The number of hydrogen-bond acceptors (Lipinski definition) is 5. The normalized spacial score (nSPS) is 22.3. The molecule has 1 aromatic carbocycles. The summed E-state index contributed by atoms with van der Waals surface area (Å²) in [7, 11) is -2.07. The Labute approximate surface area is 189 Å². The highest BCUT2D eigenvalue weighted by molar-refractivity contribution is 6.74. The van der Waals surface area contributed by atoms with E-state index < -0.39 is 37.9 Å². The van der Waals surface area contributed by atoms with Crippen LogP contribution in [0.25, 0.3) is 0 Å². The molecule has 0 radical (unpaired) electrons. The van der Waals surface area contributed by atoms with Crippen LogP contribution in [0.1, 0.15) is 44.5 Å². The standard InChI is InChI=1S/C23H33N3O5Si/c1-16-13-25(22(28)24-21(16)27)20-12-18(26(29)14-17-10-8-7-9-11-17)19(31-20)15-30-32(5,6)23(2,3)4/h7-11,13-14,18-20H,12,15H2,1-6H3,(H,24,27,28)/b26-14-. The summed E-state index contributed by atoms with van der Waals surface area (Å²) < 4.78 is 14.8. The zero-order valence-electron chi connectivity index (χ0n) is 19.6. The van der Waals surface area contributed by atoms with Gasteiger partial charge >= 0.3 is 5.69 Å². The monoisotopic (exact) mass is 459 g/mol. The number of aromatic amines is 1. The lowest BCUT2D eigenvalue weighted by atomic mass is 10.1. The van der Waals surface area contributed by atoms with Gasteiger partial charge in [-0.1, -0.05) is 39.0 Å². The molecule has 0 saturated carbocycles. The van der Waals surface area contributed by atoms with Crippen LogP contribution >= 0.6 is 0 Å². The molecule has 0 aliphatic carbocycles. The number of hydrogen-bond donors (Lipinski definition) is 1. The zero-order chi connectivity index (χ0) is 23.7. The molecule has 9 heteroatoms. The summed E-state index contributed by atoms with van der Waals surface area (Å²) in [6.07, 6.45) is 2.12. The Balaban J connectivity index is 1.90. The predicted octanol–water partition coefficient (Wildman–Crippen LogP) is 3.15. The van der Waals surface area contributed by atoms with Crippen molar-refractivity contribution in [1.82, 2.24) is 9.55 Å². The molecule has 1 fully saturated rings. The van der Waals surface area contributed by atoms with Crippen molar-refractivity contribution in [2.24, 2.45) is 0 Å². The van der Waals surface area contributed by atoms with E-state index in [2.05, 4.69) is 38.8 Å². The van der Waals surface area contributed by atoms with E-state index in [0.29, 0.717) is 12.0 Å². The van der Waals surface area contributed by atoms with E-state index >= 15 is 0 Å². The van der Waals surface area contributed by atoms with Gasteiger partial charge in [-0.25, -0.2) is 9.53 Å². The van der Waals surface area contributed by atoms with Crippen molar-refractivity contribution >= 4 is 14.5 Å². The third kappa shape index (κ3) is 5.28. The topological polar surface area (TPSA) is 99.4 Å². The largest absolute Gasteiger partial charge is 0.624 e. The summed E-state index contributed by atoms with van der Waals surface area (Å²) in [5, 5.41) is 13.1. The van der Waals surface area contributed by atoms with Crippen LogP contribution < -0.4 is 11.2 Å². The minimum atomic E-state index is -2.07. The van der Waals surface area contributed by atoms with Crippen LogP contribution in [0.3, 0.4) is 0 Å². The molecule has 2 heterocycles. The Kier molecular flexibility index (Phi) is 6.92. The lowest BCUT2D eigenvalue weighted by Gasteiger charge is -2.37. The Morgan fingerprint density at radius 2 is 1.94 bits per heavy atom. The second-order valence-electron chi connectivity index (χ2n) is 9.88. The van der Waals surface area contributed by atoms with Gasteiger partial charge in [-0.05, 0) is 37.2 Å². The van der Waals surface area contributed by atoms with Gasteiger partial charge in [0.05, 0.1) is 13.0 Å². The quantitative estimate of drug-likeness (QED) is 0.235. The third-order valence-electron chi connectivity index (χ3n) is 6.48. The van der Waals surface area contributed by atoms with E-state index in [1.165, 1.54) is 17.0 Å². The Hall–Kier alpha value is -2.49. The molecule has 3 atom stereocenters. The Bertz CT molecular complexity index is 1090. The van der Waals surface area contributed by atoms with Crippen molar-refractivity contribution in [3.05, 3.63) is 73.7 Å². The van der Waals surface area contributed by atoms with Gasteiger partial charge in [-0.3, -0.25) is 14.3 Å². The molecule has 174 valence electrons. The van der Waals surface area contributed by atoms with E-state index in [0.717, 1.165) is 10.3 Å². The van der Waals surface area contributed by atoms with Crippen LogP contribution in [0.4, 0.5) is 0 Å². The number of aromatic nitrogens is 2. The SMILES string of the molecule is Cc1cn(C2CC(/[N+]([O-])=C/c3ccccc3)C(CO[Si](C)(C)C(C)(C)C)O2)c(=O)[nH]c1=O. The molecule has 0 spiro atoms. The first kappa shape index (κ1) is 24.2. The highest BCUT2D eigenvalue weighted by Crippen LogP contribution is 2.38. The van der Waals surface area contributed by atoms with Crippen molar-refractivity contribution in [2.45, 2.75) is 70.6 Å². The molecule has 1 N–H and O–H groups in total. The first-order chi connectivity index (χ1) is 14.9. The van der Waals surface area contributed by atoms with E-state index in [9.17, 15) is 14.8 Å². The summed E-state index contributed by atoms with van der Waals surface area (Å²) >= 11 is 0.